The molecule has 104 valence electrons. The van der Waals surface area contributed by atoms with E-state index in [9.17, 15) is 4.79 Å². The van der Waals surface area contributed by atoms with Crippen LogP contribution in [0.5, 0.6) is 0 Å². The van der Waals surface area contributed by atoms with Gasteiger partial charge >= 0.3 is 0 Å². The second kappa shape index (κ2) is 9.68. The summed E-state index contributed by atoms with van der Waals surface area (Å²) in [5.41, 5.74) is 1.04. The minimum absolute atomic E-state index is 0.0663. The van der Waals surface area contributed by atoms with Gasteiger partial charge in [0.25, 0.3) is 0 Å². The highest BCUT2D eigenvalue weighted by atomic mass is 16.1. The van der Waals surface area contributed by atoms with E-state index in [1.807, 2.05) is 31.5 Å². The van der Waals surface area contributed by atoms with Gasteiger partial charge in [0, 0.05) is 12.7 Å². The molecule has 0 unspecified atom stereocenters. The third kappa shape index (κ3) is 5.84. The van der Waals surface area contributed by atoms with Gasteiger partial charge in [-0.25, -0.2) is 4.98 Å². The molecule has 0 saturated carbocycles. The number of imidazole rings is 1. The molecule has 1 amide bonds. The molecule has 1 N–H and O–H groups in total. The van der Waals surface area contributed by atoms with Gasteiger partial charge < -0.3 is 9.88 Å². The van der Waals surface area contributed by atoms with Gasteiger partial charge in [-0.05, 0) is 19.8 Å². The Morgan fingerprint density at radius 2 is 2.06 bits per heavy atom. The summed E-state index contributed by atoms with van der Waals surface area (Å²) in [6.07, 6.45) is 5.00. The minimum atomic E-state index is 0.0663. The number of rotatable bonds is 6. The third-order valence-corrected chi connectivity index (χ3v) is 2.55. The van der Waals surface area contributed by atoms with E-state index < -0.39 is 0 Å². The molecule has 1 aromatic rings. The number of nitrogens with one attached hydrogen (secondary N) is 1. The van der Waals surface area contributed by atoms with Gasteiger partial charge in [-0.1, -0.05) is 34.1 Å². The molecule has 0 fully saturated rings. The quantitative estimate of drug-likeness (QED) is 0.792. The molecule has 4 nitrogen and oxygen atoms in total. The van der Waals surface area contributed by atoms with Crippen LogP contribution < -0.4 is 5.32 Å². The van der Waals surface area contributed by atoms with E-state index in [-0.39, 0.29) is 5.91 Å². The third-order valence-electron chi connectivity index (χ3n) is 2.55. The van der Waals surface area contributed by atoms with E-state index in [1.165, 1.54) is 0 Å². The zero-order valence-corrected chi connectivity index (χ0v) is 12.4. The Morgan fingerprint density at radius 3 is 2.56 bits per heavy atom. The van der Waals surface area contributed by atoms with Crippen molar-refractivity contribution >= 4 is 5.91 Å². The number of amides is 1. The number of carbonyl (C=O) groups is 1. The van der Waals surface area contributed by atoms with E-state index in [0.717, 1.165) is 37.3 Å². The first-order valence-electron chi connectivity index (χ1n) is 6.96. The van der Waals surface area contributed by atoms with E-state index in [2.05, 4.69) is 24.1 Å². The number of aromatic nitrogens is 2. The standard InChI is InChI=1S/C12H21N3O.C2H6/c1-4-6-7-13-12(16)9-15-8-11(5-2)14-10(15)3;1-2/h8H,4-7,9H2,1-3H3,(H,13,16);1-2H3. The molecule has 0 radical (unpaired) electrons. The van der Waals surface area contributed by atoms with Crippen LogP contribution in [-0.2, 0) is 17.8 Å². The highest BCUT2D eigenvalue weighted by molar-refractivity contribution is 5.75. The Labute approximate surface area is 111 Å². The molecule has 0 atom stereocenters. The van der Waals surface area contributed by atoms with Crippen LogP contribution in [0.15, 0.2) is 6.20 Å². The lowest BCUT2D eigenvalue weighted by Gasteiger charge is -2.06. The molecule has 0 aliphatic rings. The highest BCUT2D eigenvalue weighted by Gasteiger charge is 2.06. The van der Waals surface area contributed by atoms with Crippen molar-refractivity contribution in [2.45, 2.75) is 60.4 Å². The second-order valence-corrected chi connectivity index (χ2v) is 3.96. The fourth-order valence-corrected chi connectivity index (χ4v) is 1.52. The first-order valence-corrected chi connectivity index (χ1v) is 6.96. The number of unbranched alkanes of at least 4 members (excludes halogenated alkanes) is 1. The molecule has 0 aliphatic carbocycles. The van der Waals surface area contributed by atoms with Crippen molar-refractivity contribution in [1.82, 2.24) is 14.9 Å². The van der Waals surface area contributed by atoms with Crippen LogP contribution in [-0.4, -0.2) is 22.0 Å². The van der Waals surface area contributed by atoms with Gasteiger partial charge in [0.2, 0.25) is 5.91 Å². The zero-order chi connectivity index (χ0) is 14.0. The second-order valence-electron chi connectivity index (χ2n) is 3.96. The topological polar surface area (TPSA) is 46.9 Å². The summed E-state index contributed by atoms with van der Waals surface area (Å²) in [7, 11) is 0. The maximum absolute atomic E-state index is 11.6. The van der Waals surface area contributed by atoms with Gasteiger partial charge in [-0.2, -0.15) is 0 Å². The Hall–Kier alpha value is -1.32. The van der Waals surface area contributed by atoms with Crippen LogP contribution in [0.1, 0.15) is 52.1 Å². The normalized spacial score (nSPS) is 9.61. The minimum Gasteiger partial charge on any atom is -0.355 e. The van der Waals surface area contributed by atoms with Crippen molar-refractivity contribution in [1.29, 1.82) is 0 Å². The summed E-state index contributed by atoms with van der Waals surface area (Å²) in [6.45, 7) is 11.2. The summed E-state index contributed by atoms with van der Waals surface area (Å²) < 4.78 is 1.90. The van der Waals surface area contributed by atoms with Crippen LogP contribution in [0, 0.1) is 6.92 Å². The lowest BCUT2D eigenvalue weighted by atomic mass is 10.3. The average molecular weight is 253 g/mol. The SMILES string of the molecule is CC.CCCCNC(=O)Cn1cc(CC)nc1C. The van der Waals surface area contributed by atoms with Crippen molar-refractivity contribution in [2.24, 2.45) is 0 Å². The van der Waals surface area contributed by atoms with E-state index in [1.54, 1.807) is 0 Å². The monoisotopic (exact) mass is 253 g/mol. The molecule has 18 heavy (non-hydrogen) atoms. The molecule has 0 bridgehead atoms. The van der Waals surface area contributed by atoms with Gasteiger partial charge in [-0.3, -0.25) is 4.79 Å². The summed E-state index contributed by atoms with van der Waals surface area (Å²) in [4.78, 5) is 15.9. The van der Waals surface area contributed by atoms with Crippen LogP contribution in [0.3, 0.4) is 0 Å². The average Bonchev–Trinajstić information content (AvgIpc) is 2.73. The zero-order valence-electron chi connectivity index (χ0n) is 12.4. The maximum Gasteiger partial charge on any atom is 0.239 e. The van der Waals surface area contributed by atoms with Crippen LogP contribution in [0.25, 0.3) is 0 Å². The molecule has 0 saturated heterocycles. The Bertz CT molecular complexity index is 345. The number of hydrogen-bond donors (Lipinski definition) is 1. The van der Waals surface area contributed by atoms with Crippen LogP contribution >= 0.6 is 0 Å². The fraction of sp³-hybridized carbons (Fsp3) is 0.714. The van der Waals surface area contributed by atoms with Crippen molar-refractivity contribution in [3.05, 3.63) is 17.7 Å². The Kier molecular flexibility index (Phi) is 8.97. The highest BCUT2D eigenvalue weighted by Crippen LogP contribution is 2.02. The van der Waals surface area contributed by atoms with E-state index in [0.29, 0.717) is 6.54 Å². The fourth-order valence-electron chi connectivity index (χ4n) is 1.52. The molecular weight excluding hydrogens is 226 g/mol. The molecule has 1 heterocycles. The summed E-state index contributed by atoms with van der Waals surface area (Å²) in [6, 6.07) is 0. The molecule has 4 heteroatoms. The summed E-state index contributed by atoms with van der Waals surface area (Å²) >= 11 is 0. The molecule has 0 aromatic carbocycles. The maximum atomic E-state index is 11.6. The number of nitrogens with zero attached hydrogens (tertiary/aromatic N) is 2. The predicted octanol–water partition coefficient (Wildman–Crippen LogP) is 2.70. The molecule has 0 aliphatic heterocycles. The number of carbonyl (C=O) groups excluding carboxylic acids is 1. The largest absolute Gasteiger partial charge is 0.355 e. The van der Waals surface area contributed by atoms with Crippen molar-refractivity contribution in [2.75, 3.05) is 6.54 Å². The smallest absolute Gasteiger partial charge is 0.239 e. The van der Waals surface area contributed by atoms with Crippen molar-refractivity contribution < 1.29 is 4.79 Å². The van der Waals surface area contributed by atoms with Gasteiger partial charge in [0.15, 0.2) is 0 Å². The van der Waals surface area contributed by atoms with Gasteiger partial charge in [0.1, 0.15) is 12.4 Å². The van der Waals surface area contributed by atoms with E-state index in [4.69, 9.17) is 0 Å². The molecular formula is C14H27N3O. The van der Waals surface area contributed by atoms with Crippen molar-refractivity contribution in [3.63, 3.8) is 0 Å². The van der Waals surface area contributed by atoms with Gasteiger partial charge in [-0.15, -0.1) is 0 Å². The lowest BCUT2D eigenvalue weighted by molar-refractivity contribution is -0.121. The predicted molar refractivity (Wildman–Crippen MR) is 75.6 cm³/mol. The van der Waals surface area contributed by atoms with Crippen LogP contribution in [0.4, 0.5) is 0 Å². The molecule has 1 aromatic heterocycles. The van der Waals surface area contributed by atoms with Crippen LogP contribution in [0.2, 0.25) is 0 Å². The Balaban J connectivity index is 0.00000137. The lowest BCUT2D eigenvalue weighted by Crippen LogP contribution is -2.28. The van der Waals surface area contributed by atoms with Crippen molar-refractivity contribution in [3.8, 4) is 0 Å². The number of aryl methyl sites for hydroxylation is 2. The Morgan fingerprint density at radius 1 is 1.39 bits per heavy atom. The van der Waals surface area contributed by atoms with E-state index >= 15 is 0 Å². The number of hydrogen-bond acceptors (Lipinski definition) is 2. The summed E-state index contributed by atoms with van der Waals surface area (Å²) in [5.74, 6) is 0.971. The molecule has 0 spiro atoms. The first kappa shape index (κ1) is 16.7. The first-order chi connectivity index (χ1) is 8.67. The van der Waals surface area contributed by atoms with Gasteiger partial charge in [0.05, 0.1) is 5.69 Å². The molecule has 1 rings (SSSR count). The summed E-state index contributed by atoms with van der Waals surface area (Å²) in [5, 5.41) is 2.90.